The second-order valence-electron chi connectivity index (χ2n) is 7.56. The number of unbranched alkanes of at least 4 members (excludes halogenated alkanes) is 1. The van der Waals surface area contributed by atoms with E-state index in [1.165, 1.54) is 48.8 Å². The standard InChI is InChI=1S/C25H23FN2O5S/c1-3-4-9-32-24(29)16-33-23-12-21(34(2,30)31)11-22(18-5-7-20(26)8-6-18)25(23)19-10-17(13-27)14-28-15-19/h5-8,10-12,14-15H,3-4,9,16H2,1-2H3. The number of esters is 1. The highest BCUT2D eigenvalue weighted by atomic mass is 32.2. The van der Waals surface area contributed by atoms with Crippen LogP contribution in [0.2, 0.25) is 0 Å². The Morgan fingerprint density at radius 1 is 1.12 bits per heavy atom. The van der Waals surface area contributed by atoms with Crippen LogP contribution < -0.4 is 4.74 Å². The third-order valence-corrected chi connectivity index (χ3v) is 6.01. The smallest absolute Gasteiger partial charge is 0.344 e. The average molecular weight is 483 g/mol. The lowest BCUT2D eigenvalue weighted by Crippen LogP contribution is -2.16. The first-order valence-electron chi connectivity index (χ1n) is 10.5. The molecule has 34 heavy (non-hydrogen) atoms. The summed E-state index contributed by atoms with van der Waals surface area (Å²) in [6, 6.07) is 11.9. The van der Waals surface area contributed by atoms with E-state index >= 15 is 0 Å². The number of nitrogens with zero attached hydrogens (tertiary/aromatic N) is 2. The van der Waals surface area contributed by atoms with Crippen molar-refractivity contribution in [2.75, 3.05) is 19.5 Å². The van der Waals surface area contributed by atoms with Gasteiger partial charge in [0.1, 0.15) is 17.6 Å². The number of sulfone groups is 1. The first kappa shape index (κ1) is 24.9. The fraction of sp³-hybridized carbons (Fsp3) is 0.240. The van der Waals surface area contributed by atoms with Gasteiger partial charge in [0.25, 0.3) is 0 Å². The Hall–Kier alpha value is -3.77. The van der Waals surface area contributed by atoms with Crippen LogP contribution in [0, 0.1) is 17.1 Å². The van der Waals surface area contributed by atoms with E-state index in [1.54, 1.807) is 6.07 Å². The predicted molar refractivity (Wildman–Crippen MR) is 124 cm³/mol. The van der Waals surface area contributed by atoms with Gasteiger partial charge in [-0.3, -0.25) is 4.98 Å². The SMILES string of the molecule is CCCCOC(=O)COc1cc(S(C)(=O)=O)cc(-c2ccc(F)cc2)c1-c1cncc(C#N)c1. The van der Waals surface area contributed by atoms with Crippen molar-refractivity contribution in [2.24, 2.45) is 0 Å². The van der Waals surface area contributed by atoms with Crippen LogP contribution in [0.1, 0.15) is 25.3 Å². The normalized spacial score (nSPS) is 11.0. The van der Waals surface area contributed by atoms with E-state index in [9.17, 15) is 22.9 Å². The minimum atomic E-state index is -3.67. The number of carbonyl (C=O) groups excluding carboxylic acids is 1. The maximum absolute atomic E-state index is 13.6. The molecule has 0 aliphatic carbocycles. The molecule has 0 amide bonds. The van der Waals surface area contributed by atoms with Gasteiger partial charge < -0.3 is 9.47 Å². The fourth-order valence-electron chi connectivity index (χ4n) is 3.22. The quantitative estimate of drug-likeness (QED) is 0.325. The van der Waals surface area contributed by atoms with Gasteiger partial charge in [0.15, 0.2) is 16.4 Å². The summed E-state index contributed by atoms with van der Waals surface area (Å²) in [6.07, 6.45) is 5.50. The number of halogens is 1. The summed E-state index contributed by atoms with van der Waals surface area (Å²) < 4.78 is 49.3. The van der Waals surface area contributed by atoms with Crippen LogP contribution in [-0.4, -0.2) is 38.8 Å². The predicted octanol–water partition coefficient (Wildman–Crippen LogP) is 4.55. The third kappa shape index (κ3) is 6.17. The molecule has 1 aromatic heterocycles. The van der Waals surface area contributed by atoms with Crippen LogP contribution in [-0.2, 0) is 19.4 Å². The van der Waals surface area contributed by atoms with Gasteiger partial charge >= 0.3 is 5.97 Å². The number of carbonyl (C=O) groups is 1. The number of aromatic nitrogens is 1. The van der Waals surface area contributed by atoms with Crippen LogP contribution >= 0.6 is 0 Å². The van der Waals surface area contributed by atoms with E-state index < -0.39 is 28.2 Å². The molecule has 0 saturated heterocycles. The molecule has 0 fully saturated rings. The molecule has 1 heterocycles. The minimum absolute atomic E-state index is 0.0469. The summed E-state index contributed by atoms with van der Waals surface area (Å²) >= 11 is 0. The lowest BCUT2D eigenvalue weighted by atomic mass is 9.94. The molecule has 0 spiro atoms. The molecule has 3 aromatic rings. The summed E-state index contributed by atoms with van der Waals surface area (Å²) in [7, 11) is -3.67. The van der Waals surface area contributed by atoms with Crippen LogP contribution in [0.25, 0.3) is 22.3 Å². The highest BCUT2D eigenvalue weighted by Crippen LogP contribution is 2.41. The fourth-order valence-corrected chi connectivity index (χ4v) is 3.87. The monoisotopic (exact) mass is 482 g/mol. The number of benzene rings is 2. The molecule has 0 N–H and O–H groups in total. The van der Waals surface area contributed by atoms with Gasteiger partial charge in [-0.25, -0.2) is 17.6 Å². The second kappa shape index (κ2) is 10.9. The Bertz CT molecular complexity index is 1330. The number of pyridine rings is 1. The molecule has 176 valence electrons. The lowest BCUT2D eigenvalue weighted by molar-refractivity contribution is -0.146. The Labute approximate surface area is 197 Å². The molecular formula is C25H23FN2O5S. The van der Waals surface area contributed by atoms with Gasteiger partial charge in [-0.05, 0) is 47.9 Å². The lowest BCUT2D eigenvalue weighted by Gasteiger charge is -2.18. The molecular weight excluding hydrogens is 459 g/mol. The summed E-state index contributed by atoms with van der Waals surface area (Å²) in [5, 5.41) is 9.32. The van der Waals surface area contributed by atoms with Crippen molar-refractivity contribution in [1.82, 2.24) is 4.98 Å². The number of ether oxygens (including phenoxy) is 2. The zero-order valence-corrected chi connectivity index (χ0v) is 19.6. The number of rotatable bonds is 9. The van der Waals surface area contributed by atoms with Crippen molar-refractivity contribution >= 4 is 15.8 Å². The minimum Gasteiger partial charge on any atom is -0.481 e. The van der Waals surface area contributed by atoms with Crippen LogP contribution in [0.4, 0.5) is 4.39 Å². The molecule has 9 heteroatoms. The van der Waals surface area contributed by atoms with Crippen molar-refractivity contribution in [3.05, 3.63) is 66.2 Å². The molecule has 0 bridgehead atoms. The highest BCUT2D eigenvalue weighted by molar-refractivity contribution is 7.90. The molecule has 0 radical (unpaired) electrons. The third-order valence-electron chi connectivity index (χ3n) is 4.92. The largest absolute Gasteiger partial charge is 0.481 e. The average Bonchev–Trinajstić information content (AvgIpc) is 2.82. The van der Waals surface area contributed by atoms with Gasteiger partial charge in [-0.15, -0.1) is 0 Å². The van der Waals surface area contributed by atoms with Crippen molar-refractivity contribution in [3.63, 3.8) is 0 Å². The maximum atomic E-state index is 13.6. The van der Waals surface area contributed by atoms with Crippen molar-refractivity contribution in [3.8, 4) is 34.1 Å². The van der Waals surface area contributed by atoms with Crippen LogP contribution in [0.3, 0.4) is 0 Å². The summed E-state index contributed by atoms with van der Waals surface area (Å²) in [4.78, 5) is 16.2. The van der Waals surface area contributed by atoms with E-state index in [0.29, 0.717) is 28.7 Å². The first-order valence-corrected chi connectivity index (χ1v) is 12.4. The summed E-state index contributed by atoms with van der Waals surface area (Å²) in [6.45, 7) is 1.77. The molecule has 0 aliphatic heterocycles. The van der Waals surface area contributed by atoms with Crippen LogP contribution in [0.15, 0.2) is 59.8 Å². The van der Waals surface area contributed by atoms with Gasteiger partial charge in [0.2, 0.25) is 0 Å². The maximum Gasteiger partial charge on any atom is 0.344 e. The zero-order chi connectivity index (χ0) is 24.7. The molecule has 2 aromatic carbocycles. The van der Waals surface area contributed by atoms with E-state index in [0.717, 1.165) is 12.7 Å². The number of nitriles is 1. The van der Waals surface area contributed by atoms with E-state index in [-0.39, 0.29) is 22.8 Å². The van der Waals surface area contributed by atoms with Crippen molar-refractivity contribution in [1.29, 1.82) is 5.26 Å². The van der Waals surface area contributed by atoms with E-state index in [1.807, 2.05) is 13.0 Å². The molecule has 0 saturated carbocycles. The Morgan fingerprint density at radius 2 is 1.85 bits per heavy atom. The molecule has 0 atom stereocenters. The topological polar surface area (TPSA) is 106 Å². The molecule has 3 rings (SSSR count). The van der Waals surface area contributed by atoms with Gasteiger partial charge in [-0.1, -0.05) is 25.5 Å². The molecule has 0 aliphatic rings. The second-order valence-corrected chi connectivity index (χ2v) is 9.58. The zero-order valence-electron chi connectivity index (χ0n) is 18.7. The number of hydrogen-bond acceptors (Lipinski definition) is 7. The van der Waals surface area contributed by atoms with E-state index in [2.05, 4.69) is 4.98 Å². The van der Waals surface area contributed by atoms with Gasteiger partial charge in [-0.2, -0.15) is 5.26 Å². The Morgan fingerprint density at radius 3 is 2.50 bits per heavy atom. The van der Waals surface area contributed by atoms with E-state index in [4.69, 9.17) is 9.47 Å². The van der Waals surface area contributed by atoms with Crippen molar-refractivity contribution in [2.45, 2.75) is 24.7 Å². The van der Waals surface area contributed by atoms with Gasteiger partial charge in [0.05, 0.1) is 17.1 Å². The molecule has 7 nitrogen and oxygen atoms in total. The van der Waals surface area contributed by atoms with Gasteiger partial charge in [0, 0.05) is 29.8 Å². The van der Waals surface area contributed by atoms with Crippen molar-refractivity contribution < 1.29 is 27.1 Å². The number of hydrogen-bond donors (Lipinski definition) is 0. The Balaban J connectivity index is 2.19. The first-order chi connectivity index (χ1) is 16.2. The highest BCUT2D eigenvalue weighted by Gasteiger charge is 2.21. The summed E-state index contributed by atoms with van der Waals surface area (Å²) in [5.74, 6) is -0.966. The summed E-state index contributed by atoms with van der Waals surface area (Å²) in [5.41, 5.74) is 2.08. The molecule has 0 unspecified atom stereocenters. The van der Waals surface area contributed by atoms with Crippen LogP contribution in [0.5, 0.6) is 5.75 Å². The Kier molecular flexibility index (Phi) is 7.97.